The molecule has 1 aromatic carbocycles. The van der Waals surface area contributed by atoms with Gasteiger partial charge >= 0.3 is 5.97 Å². The number of benzene rings is 1. The Morgan fingerprint density at radius 1 is 1.38 bits per heavy atom. The summed E-state index contributed by atoms with van der Waals surface area (Å²) in [5, 5.41) is 0. The highest BCUT2D eigenvalue weighted by molar-refractivity contribution is 9.10. The summed E-state index contributed by atoms with van der Waals surface area (Å²) in [6.07, 6.45) is 2.99. The van der Waals surface area contributed by atoms with E-state index in [1.807, 2.05) is 24.3 Å². The number of halogens is 1. The van der Waals surface area contributed by atoms with E-state index in [-0.39, 0.29) is 5.97 Å². The van der Waals surface area contributed by atoms with Crippen molar-refractivity contribution in [2.75, 3.05) is 13.2 Å². The van der Waals surface area contributed by atoms with E-state index in [0.717, 1.165) is 10.2 Å². The average Bonchev–Trinajstić information content (AvgIpc) is 2.27. The highest BCUT2D eigenvalue weighted by Gasteiger charge is 1.94. The maximum absolute atomic E-state index is 10.9. The second kappa shape index (κ2) is 7.06. The van der Waals surface area contributed by atoms with Crippen LogP contribution < -0.4 is 4.74 Å². The molecule has 0 heterocycles. The number of hydrogen-bond acceptors (Lipinski definition) is 3. The van der Waals surface area contributed by atoms with Crippen molar-refractivity contribution in [3.05, 3.63) is 40.9 Å². The third-order valence-corrected chi connectivity index (χ3v) is 2.23. The van der Waals surface area contributed by atoms with Crippen molar-refractivity contribution in [2.24, 2.45) is 0 Å². The van der Waals surface area contributed by atoms with E-state index < -0.39 is 0 Å². The lowest BCUT2D eigenvalue weighted by Crippen LogP contribution is -2.00. The summed E-state index contributed by atoms with van der Waals surface area (Å²) < 4.78 is 11.1. The van der Waals surface area contributed by atoms with Crippen LogP contribution in [0.5, 0.6) is 5.75 Å². The summed E-state index contributed by atoms with van der Waals surface area (Å²) >= 11 is 3.33. The molecule has 4 heteroatoms. The van der Waals surface area contributed by atoms with E-state index in [1.54, 1.807) is 13.0 Å². The van der Waals surface area contributed by atoms with E-state index in [2.05, 4.69) is 15.9 Å². The van der Waals surface area contributed by atoms with Gasteiger partial charge in [0.25, 0.3) is 0 Å². The van der Waals surface area contributed by atoms with E-state index in [0.29, 0.717) is 13.2 Å². The lowest BCUT2D eigenvalue weighted by Gasteiger charge is -2.02. The first kappa shape index (κ1) is 12.8. The van der Waals surface area contributed by atoms with Crippen LogP contribution in [0.25, 0.3) is 0 Å². The summed E-state index contributed by atoms with van der Waals surface area (Å²) in [4.78, 5) is 10.9. The number of carbonyl (C=O) groups excluding carboxylic acids is 1. The molecule has 86 valence electrons. The largest absolute Gasteiger partial charge is 0.490 e. The second-order valence-corrected chi connectivity index (χ2v) is 3.84. The standard InChI is InChI=1S/C12H13BrO3/c1-2-15-12(14)4-3-9-16-11-7-5-10(13)6-8-11/h3-8H,2,9H2,1H3/b4-3+. The molecule has 0 fully saturated rings. The molecule has 16 heavy (non-hydrogen) atoms. The molecule has 0 bridgehead atoms. The minimum absolute atomic E-state index is 0.345. The van der Waals surface area contributed by atoms with Gasteiger partial charge in [-0.2, -0.15) is 0 Å². The zero-order valence-corrected chi connectivity index (χ0v) is 10.6. The molecule has 0 radical (unpaired) electrons. The molecule has 0 spiro atoms. The number of carbonyl (C=O) groups is 1. The molecule has 0 N–H and O–H groups in total. The Hall–Kier alpha value is -1.29. The number of ether oxygens (including phenoxy) is 2. The smallest absolute Gasteiger partial charge is 0.330 e. The van der Waals surface area contributed by atoms with Crippen LogP contribution in [-0.4, -0.2) is 19.2 Å². The first-order chi connectivity index (χ1) is 7.72. The van der Waals surface area contributed by atoms with Crippen LogP contribution in [0.3, 0.4) is 0 Å². The van der Waals surface area contributed by atoms with E-state index >= 15 is 0 Å². The first-order valence-electron chi connectivity index (χ1n) is 4.94. The zero-order chi connectivity index (χ0) is 11.8. The summed E-state index contributed by atoms with van der Waals surface area (Å²) in [6, 6.07) is 7.49. The second-order valence-electron chi connectivity index (χ2n) is 2.92. The first-order valence-corrected chi connectivity index (χ1v) is 5.73. The van der Waals surface area contributed by atoms with Gasteiger partial charge < -0.3 is 9.47 Å². The van der Waals surface area contributed by atoms with E-state index in [4.69, 9.17) is 9.47 Å². The minimum Gasteiger partial charge on any atom is -0.490 e. The van der Waals surface area contributed by atoms with Gasteiger partial charge in [-0.1, -0.05) is 15.9 Å². The molecule has 1 aromatic rings. The molecule has 0 saturated heterocycles. The predicted octanol–water partition coefficient (Wildman–Crippen LogP) is 2.95. The van der Waals surface area contributed by atoms with Crippen LogP contribution in [0.4, 0.5) is 0 Å². The molecular formula is C12H13BrO3. The number of esters is 1. The van der Waals surface area contributed by atoms with Crippen LogP contribution in [0.15, 0.2) is 40.9 Å². The number of rotatable bonds is 5. The Morgan fingerprint density at radius 3 is 2.69 bits per heavy atom. The van der Waals surface area contributed by atoms with Crippen molar-refractivity contribution in [3.63, 3.8) is 0 Å². The van der Waals surface area contributed by atoms with Crippen molar-refractivity contribution in [2.45, 2.75) is 6.92 Å². The van der Waals surface area contributed by atoms with Gasteiger partial charge in [-0.15, -0.1) is 0 Å². The predicted molar refractivity (Wildman–Crippen MR) is 65.4 cm³/mol. The van der Waals surface area contributed by atoms with Gasteiger partial charge in [0.2, 0.25) is 0 Å². The molecular weight excluding hydrogens is 272 g/mol. The van der Waals surface area contributed by atoms with Gasteiger partial charge in [0.05, 0.1) is 6.61 Å². The van der Waals surface area contributed by atoms with Gasteiger partial charge in [0, 0.05) is 10.5 Å². The van der Waals surface area contributed by atoms with Gasteiger partial charge in [0.1, 0.15) is 12.4 Å². The Kier molecular flexibility index (Phi) is 5.64. The maximum atomic E-state index is 10.9. The molecule has 3 nitrogen and oxygen atoms in total. The molecule has 0 amide bonds. The molecule has 0 atom stereocenters. The summed E-state index contributed by atoms with van der Waals surface area (Å²) in [6.45, 7) is 2.50. The van der Waals surface area contributed by atoms with Gasteiger partial charge in [-0.3, -0.25) is 0 Å². The summed E-state index contributed by atoms with van der Waals surface area (Å²) in [7, 11) is 0. The summed E-state index contributed by atoms with van der Waals surface area (Å²) in [5.41, 5.74) is 0. The quantitative estimate of drug-likeness (QED) is 0.616. The highest BCUT2D eigenvalue weighted by Crippen LogP contribution is 2.15. The van der Waals surface area contributed by atoms with Crippen molar-refractivity contribution in [1.29, 1.82) is 0 Å². The SMILES string of the molecule is CCOC(=O)/C=C/COc1ccc(Br)cc1. The van der Waals surface area contributed by atoms with Gasteiger partial charge in [0.15, 0.2) is 0 Å². The fraction of sp³-hybridized carbons (Fsp3) is 0.250. The zero-order valence-electron chi connectivity index (χ0n) is 8.98. The molecule has 0 unspecified atom stereocenters. The third-order valence-electron chi connectivity index (χ3n) is 1.70. The fourth-order valence-electron chi connectivity index (χ4n) is 1.01. The van der Waals surface area contributed by atoms with Gasteiger partial charge in [-0.05, 0) is 37.3 Å². The van der Waals surface area contributed by atoms with Crippen molar-refractivity contribution < 1.29 is 14.3 Å². The highest BCUT2D eigenvalue weighted by atomic mass is 79.9. The monoisotopic (exact) mass is 284 g/mol. The lowest BCUT2D eigenvalue weighted by atomic mass is 10.3. The van der Waals surface area contributed by atoms with Crippen LogP contribution in [-0.2, 0) is 9.53 Å². The summed E-state index contributed by atoms with van der Waals surface area (Å²) in [5.74, 6) is 0.415. The van der Waals surface area contributed by atoms with E-state index in [1.165, 1.54) is 6.08 Å². The third kappa shape index (κ3) is 4.98. The molecule has 1 rings (SSSR count). The van der Waals surface area contributed by atoms with Crippen LogP contribution >= 0.6 is 15.9 Å². The van der Waals surface area contributed by atoms with Crippen molar-refractivity contribution in [3.8, 4) is 5.75 Å². The topological polar surface area (TPSA) is 35.5 Å². The Balaban J connectivity index is 2.30. The Morgan fingerprint density at radius 2 is 2.06 bits per heavy atom. The lowest BCUT2D eigenvalue weighted by molar-refractivity contribution is -0.137. The maximum Gasteiger partial charge on any atom is 0.330 e. The molecule has 0 saturated carbocycles. The van der Waals surface area contributed by atoms with Crippen LogP contribution in [0.2, 0.25) is 0 Å². The molecule has 0 aliphatic rings. The Bertz CT molecular complexity index is 357. The molecule has 0 aliphatic heterocycles. The normalized spacial score (nSPS) is 10.4. The van der Waals surface area contributed by atoms with Crippen LogP contribution in [0.1, 0.15) is 6.92 Å². The minimum atomic E-state index is -0.345. The Labute approximate surface area is 103 Å². The van der Waals surface area contributed by atoms with Crippen LogP contribution in [0, 0.1) is 0 Å². The van der Waals surface area contributed by atoms with Gasteiger partial charge in [-0.25, -0.2) is 4.79 Å². The van der Waals surface area contributed by atoms with Crippen molar-refractivity contribution in [1.82, 2.24) is 0 Å². The van der Waals surface area contributed by atoms with Crippen molar-refractivity contribution >= 4 is 21.9 Å². The number of hydrogen-bond donors (Lipinski definition) is 0. The molecule has 0 aromatic heterocycles. The fourth-order valence-corrected chi connectivity index (χ4v) is 1.27. The average molecular weight is 285 g/mol. The molecule has 0 aliphatic carbocycles. The van der Waals surface area contributed by atoms with E-state index in [9.17, 15) is 4.79 Å².